The van der Waals surface area contributed by atoms with E-state index >= 15 is 0 Å². The van der Waals surface area contributed by atoms with Crippen LogP contribution in [0.15, 0.2) is 60.2 Å². The maximum Gasteiger partial charge on any atom is 0.433 e. The number of nitrogens with zero attached hydrogens (tertiary/aromatic N) is 6. The highest BCUT2D eigenvalue weighted by molar-refractivity contribution is 6.32. The average Bonchev–Trinajstić information content (AvgIpc) is 3.36. The van der Waals surface area contributed by atoms with Crippen LogP contribution >= 0.6 is 11.6 Å². The molecule has 32 heavy (non-hydrogen) atoms. The zero-order valence-corrected chi connectivity index (χ0v) is 17.7. The van der Waals surface area contributed by atoms with Crippen LogP contribution < -0.4 is 10.3 Å². The van der Waals surface area contributed by atoms with E-state index in [-0.39, 0.29) is 23.1 Å². The average molecular weight is 464 g/mol. The Balaban J connectivity index is 1.66. The highest BCUT2D eigenvalue weighted by atomic mass is 35.5. The van der Waals surface area contributed by atoms with Gasteiger partial charge in [0.05, 0.1) is 47.1 Å². The van der Waals surface area contributed by atoms with E-state index in [0.29, 0.717) is 5.69 Å². The Kier molecular flexibility index (Phi) is 5.61. The Morgan fingerprint density at radius 2 is 1.81 bits per heavy atom. The summed E-state index contributed by atoms with van der Waals surface area (Å²) in [5, 5.41) is 12.7. The molecule has 2 aromatic heterocycles. The molecule has 8 nitrogen and oxygen atoms in total. The lowest BCUT2D eigenvalue weighted by molar-refractivity contribution is -0.114. The van der Waals surface area contributed by atoms with Crippen LogP contribution in [-0.2, 0) is 4.79 Å². The smallest absolute Gasteiger partial charge is 0.321 e. The number of likely N-dealkylation sites (N-methyl/N-ethyl adjacent to an activating group) is 1. The topological polar surface area (TPSA) is 79.2 Å². The van der Waals surface area contributed by atoms with Crippen LogP contribution in [0.25, 0.3) is 5.82 Å². The second-order valence-corrected chi connectivity index (χ2v) is 7.50. The molecule has 3 aromatic rings. The van der Waals surface area contributed by atoms with Gasteiger partial charge in [-0.05, 0) is 25.1 Å². The number of hydrogen-bond acceptors (Lipinski definition) is 6. The minimum atomic E-state index is -4.76. The van der Waals surface area contributed by atoms with Gasteiger partial charge in [0.1, 0.15) is 5.70 Å². The molecular formula is C20H17ClF3N7O. The molecule has 0 bridgehead atoms. The summed E-state index contributed by atoms with van der Waals surface area (Å²) in [5.41, 5.74) is -0.119. The first-order chi connectivity index (χ1) is 15.1. The number of hydrazine groups is 1. The fraction of sp³-hybridized carbons (Fsp3) is 0.200. The van der Waals surface area contributed by atoms with Crippen molar-refractivity contribution in [2.45, 2.75) is 13.1 Å². The van der Waals surface area contributed by atoms with E-state index < -0.39 is 23.4 Å². The van der Waals surface area contributed by atoms with Gasteiger partial charge in [0, 0.05) is 7.05 Å². The van der Waals surface area contributed by atoms with Crippen LogP contribution in [0.4, 0.5) is 24.5 Å². The minimum absolute atomic E-state index is 0.119. The van der Waals surface area contributed by atoms with E-state index in [4.69, 9.17) is 11.6 Å². The zero-order chi connectivity index (χ0) is 23.0. The number of pyridine rings is 1. The Morgan fingerprint density at radius 1 is 1.16 bits per heavy atom. The number of aryl methyl sites for hydroxylation is 1. The SMILES string of the molecule is Cc1ccc(N2C(C(F)(F)F)=C(C(=O)Nc3cnc(-n4nccn4)c(Cl)c3)CN2C)cc1. The zero-order valence-electron chi connectivity index (χ0n) is 16.9. The number of carbonyl (C=O) groups is 1. The molecule has 0 spiro atoms. The fourth-order valence-corrected chi connectivity index (χ4v) is 3.58. The van der Waals surface area contributed by atoms with Crippen molar-refractivity contribution in [2.24, 2.45) is 0 Å². The van der Waals surface area contributed by atoms with Crippen molar-refractivity contribution < 1.29 is 18.0 Å². The molecule has 1 aliphatic rings. The van der Waals surface area contributed by atoms with Gasteiger partial charge in [0.15, 0.2) is 5.82 Å². The fourth-order valence-electron chi connectivity index (χ4n) is 3.33. The normalized spacial score (nSPS) is 14.9. The summed E-state index contributed by atoms with van der Waals surface area (Å²) in [4.78, 5) is 18.1. The predicted octanol–water partition coefficient (Wildman–Crippen LogP) is 3.75. The summed E-state index contributed by atoms with van der Waals surface area (Å²) < 4.78 is 42.0. The lowest BCUT2D eigenvalue weighted by Gasteiger charge is -2.30. The molecule has 0 saturated carbocycles. The molecule has 4 rings (SSSR count). The lowest BCUT2D eigenvalue weighted by atomic mass is 10.1. The molecule has 0 fully saturated rings. The highest BCUT2D eigenvalue weighted by Crippen LogP contribution is 2.39. The lowest BCUT2D eigenvalue weighted by Crippen LogP contribution is -2.38. The minimum Gasteiger partial charge on any atom is -0.321 e. The molecule has 1 N–H and O–H groups in total. The molecular weight excluding hydrogens is 447 g/mol. The van der Waals surface area contributed by atoms with Crippen LogP contribution in [0.1, 0.15) is 5.56 Å². The van der Waals surface area contributed by atoms with Gasteiger partial charge in [-0.1, -0.05) is 29.3 Å². The Morgan fingerprint density at radius 3 is 2.41 bits per heavy atom. The summed E-state index contributed by atoms with van der Waals surface area (Å²) >= 11 is 6.18. The second kappa shape index (κ2) is 8.24. The molecule has 12 heteroatoms. The summed E-state index contributed by atoms with van der Waals surface area (Å²) in [6.07, 6.45) is -0.606. The maximum absolute atomic E-state index is 14.0. The van der Waals surface area contributed by atoms with Crippen molar-refractivity contribution in [1.82, 2.24) is 25.0 Å². The highest BCUT2D eigenvalue weighted by Gasteiger charge is 2.47. The number of alkyl halides is 3. The number of halogens is 4. The monoisotopic (exact) mass is 463 g/mol. The number of hydrogen-bond donors (Lipinski definition) is 1. The Labute approximate surface area is 185 Å². The van der Waals surface area contributed by atoms with Gasteiger partial charge in [-0.3, -0.25) is 9.80 Å². The van der Waals surface area contributed by atoms with E-state index in [0.717, 1.165) is 10.6 Å². The van der Waals surface area contributed by atoms with Gasteiger partial charge in [0.25, 0.3) is 5.91 Å². The van der Waals surface area contributed by atoms with Gasteiger partial charge in [0.2, 0.25) is 0 Å². The molecule has 0 radical (unpaired) electrons. The molecule has 1 aromatic carbocycles. The van der Waals surface area contributed by atoms with Crippen molar-refractivity contribution in [1.29, 1.82) is 0 Å². The number of benzene rings is 1. The number of nitrogens with one attached hydrogen (secondary N) is 1. The second-order valence-electron chi connectivity index (χ2n) is 7.09. The van der Waals surface area contributed by atoms with Crippen LogP contribution in [0.5, 0.6) is 0 Å². The van der Waals surface area contributed by atoms with Crippen molar-refractivity contribution in [3.8, 4) is 5.82 Å². The van der Waals surface area contributed by atoms with Crippen molar-refractivity contribution in [2.75, 3.05) is 23.9 Å². The Hall–Kier alpha value is -3.44. The third-order valence-electron chi connectivity index (χ3n) is 4.73. The third-order valence-corrected chi connectivity index (χ3v) is 5.01. The standard InChI is InChI=1S/C20H17ClF3N7O/c1-12-3-5-14(6-4-12)30-17(20(22,23)24)15(11-29(30)2)19(32)28-13-9-16(21)18(25-10-13)31-26-7-8-27-31/h3-10H,11H2,1-2H3,(H,28,32). The van der Waals surface area contributed by atoms with Gasteiger partial charge in [-0.2, -0.15) is 23.4 Å². The van der Waals surface area contributed by atoms with E-state index in [1.165, 1.54) is 41.5 Å². The van der Waals surface area contributed by atoms with Crippen LogP contribution in [0.3, 0.4) is 0 Å². The summed E-state index contributed by atoms with van der Waals surface area (Å²) in [7, 11) is 1.48. The number of carbonyl (C=O) groups excluding carboxylic acids is 1. The van der Waals surface area contributed by atoms with E-state index in [1.54, 1.807) is 24.3 Å². The van der Waals surface area contributed by atoms with E-state index in [1.807, 2.05) is 6.92 Å². The van der Waals surface area contributed by atoms with Gasteiger partial charge >= 0.3 is 6.18 Å². The number of rotatable bonds is 4. The first-order valence-electron chi connectivity index (χ1n) is 9.37. The van der Waals surface area contributed by atoms with Crippen LogP contribution in [0.2, 0.25) is 5.02 Å². The van der Waals surface area contributed by atoms with Gasteiger partial charge in [-0.25, -0.2) is 9.99 Å². The predicted molar refractivity (Wildman–Crippen MR) is 112 cm³/mol. The van der Waals surface area contributed by atoms with Gasteiger partial charge in [-0.15, -0.1) is 4.80 Å². The van der Waals surface area contributed by atoms with Gasteiger partial charge < -0.3 is 5.32 Å². The molecule has 0 saturated heterocycles. The molecule has 0 aliphatic carbocycles. The number of allylic oxidation sites excluding steroid dienone is 1. The first-order valence-corrected chi connectivity index (χ1v) is 9.74. The van der Waals surface area contributed by atoms with Crippen molar-refractivity contribution in [3.63, 3.8) is 0 Å². The summed E-state index contributed by atoms with van der Waals surface area (Å²) in [6.45, 7) is 1.61. The largest absolute Gasteiger partial charge is 0.433 e. The third kappa shape index (κ3) is 4.16. The molecule has 1 aliphatic heterocycles. The molecule has 0 unspecified atom stereocenters. The first kappa shape index (κ1) is 21.8. The summed E-state index contributed by atoms with van der Waals surface area (Å²) in [6, 6.07) is 7.93. The maximum atomic E-state index is 14.0. The van der Waals surface area contributed by atoms with E-state index in [9.17, 15) is 18.0 Å². The van der Waals surface area contributed by atoms with Crippen molar-refractivity contribution in [3.05, 3.63) is 70.8 Å². The number of amides is 1. The summed E-state index contributed by atoms with van der Waals surface area (Å²) in [5.74, 6) is -0.683. The molecule has 1 amide bonds. The van der Waals surface area contributed by atoms with Crippen molar-refractivity contribution >= 4 is 28.9 Å². The quantitative estimate of drug-likeness (QED) is 0.635. The number of aromatic nitrogens is 4. The van der Waals surface area contributed by atoms with E-state index in [2.05, 4.69) is 20.5 Å². The van der Waals surface area contributed by atoms with Crippen LogP contribution in [0, 0.1) is 6.92 Å². The van der Waals surface area contributed by atoms with Crippen LogP contribution in [-0.4, -0.2) is 50.7 Å². The molecule has 166 valence electrons. The molecule has 3 heterocycles. The number of anilines is 2. The Bertz CT molecular complexity index is 1180. The molecule has 0 atom stereocenters.